The molecule has 0 fully saturated rings. The minimum absolute atomic E-state index is 0. The third kappa shape index (κ3) is 7.81. The normalized spacial score (nSPS) is 10.0. The van der Waals surface area contributed by atoms with Gasteiger partial charge in [0.05, 0.1) is 15.2 Å². The lowest BCUT2D eigenvalue weighted by atomic mass is 10.3. The molecule has 2 rings (SSSR count). The van der Waals surface area contributed by atoms with E-state index in [4.69, 9.17) is 0 Å². The Bertz CT molecular complexity index is 609. The van der Waals surface area contributed by atoms with Crippen LogP contribution >= 0.6 is 52.1 Å². The van der Waals surface area contributed by atoms with E-state index in [0.29, 0.717) is 19.4 Å². The molecule has 0 aliphatic carbocycles. The first kappa shape index (κ1) is 22.6. The van der Waals surface area contributed by atoms with Gasteiger partial charge in [0.25, 0.3) is 0 Å². The Morgan fingerprint density at radius 1 is 1.26 bits per heavy atom. The molecule has 0 atom stereocenters. The number of halogens is 3. The number of benzene rings is 1. The van der Waals surface area contributed by atoms with E-state index in [1.165, 1.54) is 0 Å². The van der Waals surface area contributed by atoms with Gasteiger partial charge in [-0.1, -0.05) is 22.9 Å². The van der Waals surface area contributed by atoms with Gasteiger partial charge in [-0.2, -0.15) is 0 Å². The quantitative estimate of drug-likeness (QED) is 0.608. The molecule has 1 aromatic carbocycles. The van der Waals surface area contributed by atoms with E-state index in [1.807, 2.05) is 12.1 Å². The molecule has 4 nitrogen and oxygen atoms in total. The number of thiazole rings is 1. The number of carbonyl (C=O) groups excluding carboxylic acids is 1. The lowest BCUT2D eigenvalue weighted by Gasteiger charge is -2.05. The van der Waals surface area contributed by atoms with Gasteiger partial charge in [0.15, 0.2) is 0 Å². The first-order chi connectivity index (χ1) is 10.2. The maximum atomic E-state index is 11.7. The summed E-state index contributed by atoms with van der Waals surface area (Å²) in [6.45, 7) is 4.64. The van der Waals surface area contributed by atoms with Crippen LogP contribution in [0.1, 0.15) is 24.8 Å². The van der Waals surface area contributed by atoms with Gasteiger partial charge < -0.3 is 10.6 Å². The number of rotatable bonds is 8. The van der Waals surface area contributed by atoms with E-state index in [-0.39, 0.29) is 30.7 Å². The van der Waals surface area contributed by atoms with Gasteiger partial charge in [-0.15, -0.1) is 36.2 Å². The van der Waals surface area contributed by atoms with Crippen LogP contribution in [0.5, 0.6) is 0 Å². The van der Waals surface area contributed by atoms with Crippen molar-refractivity contribution < 1.29 is 4.79 Å². The second-order valence-corrected chi connectivity index (χ2v) is 6.85. The maximum Gasteiger partial charge on any atom is 0.220 e. The van der Waals surface area contributed by atoms with Crippen LogP contribution < -0.4 is 10.6 Å². The predicted molar refractivity (Wildman–Crippen MR) is 106 cm³/mol. The molecule has 0 aliphatic heterocycles. The first-order valence-electron chi connectivity index (χ1n) is 7.21. The summed E-state index contributed by atoms with van der Waals surface area (Å²) in [6.07, 6.45) is 2.31. The number of aryl methyl sites for hydroxylation is 1. The van der Waals surface area contributed by atoms with Crippen molar-refractivity contribution in [3.8, 4) is 0 Å². The summed E-state index contributed by atoms with van der Waals surface area (Å²) in [5.41, 5.74) is 0.994. The number of nitrogens with zero attached hydrogens (tertiary/aromatic N) is 1. The molecule has 0 saturated carbocycles. The molecule has 0 bridgehead atoms. The SMILES string of the molecule is CCCNCCNC(=O)CCc1nc2cc(Br)ccc2s1.Cl.Cl. The molecule has 0 saturated heterocycles. The Morgan fingerprint density at radius 2 is 2.04 bits per heavy atom. The molecule has 2 N–H and O–H groups in total. The molecule has 1 amide bonds. The van der Waals surface area contributed by atoms with Crippen molar-refractivity contribution in [1.82, 2.24) is 15.6 Å². The number of aromatic nitrogens is 1. The van der Waals surface area contributed by atoms with Crippen LogP contribution in [-0.2, 0) is 11.2 Å². The summed E-state index contributed by atoms with van der Waals surface area (Å²) in [5.74, 6) is 0.0914. The molecular formula is C15H22BrCl2N3OS. The average Bonchev–Trinajstić information content (AvgIpc) is 2.87. The fourth-order valence-electron chi connectivity index (χ4n) is 1.96. The van der Waals surface area contributed by atoms with Crippen molar-refractivity contribution in [2.75, 3.05) is 19.6 Å². The fraction of sp³-hybridized carbons (Fsp3) is 0.467. The van der Waals surface area contributed by atoms with Gasteiger partial charge in [0, 0.05) is 30.4 Å². The van der Waals surface area contributed by atoms with Crippen LogP contribution in [-0.4, -0.2) is 30.5 Å². The topological polar surface area (TPSA) is 54.0 Å². The molecule has 1 aromatic heterocycles. The highest BCUT2D eigenvalue weighted by atomic mass is 79.9. The van der Waals surface area contributed by atoms with Crippen LogP contribution in [0.15, 0.2) is 22.7 Å². The number of carbonyl (C=O) groups is 1. The van der Waals surface area contributed by atoms with E-state index < -0.39 is 0 Å². The first-order valence-corrected chi connectivity index (χ1v) is 8.82. The van der Waals surface area contributed by atoms with Crippen LogP contribution in [0.2, 0.25) is 0 Å². The number of fused-ring (bicyclic) bond motifs is 1. The standard InChI is InChI=1S/C15H20BrN3OS.2ClH/c1-2-7-17-8-9-18-14(20)5-6-15-19-12-10-11(16)3-4-13(12)21-15;;/h3-4,10,17H,2,5-9H2,1H3,(H,18,20);2*1H. The van der Waals surface area contributed by atoms with Crippen LogP contribution in [0, 0.1) is 0 Å². The molecule has 130 valence electrons. The summed E-state index contributed by atoms with van der Waals surface area (Å²) in [4.78, 5) is 16.3. The van der Waals surface area contributed by atoms with E-state index in [2.05, 4.69) is 44.5 Å². The van der Waals surface area contributed by atoms with Gasteiger partial charge in [-0.3, -0.25) is 4.79 Å². The minimum Gasteiger partial charge on any atom is -0.355 e. The fourth-order valence-corrected chi connectivity index (χ4v) is 3.25. The van der Waals surface area contributed by atoms with Crippen molar-refractivity contribution in [1.29, 1.82) is 0 Å². The number of nitrogens with one attached hydrogen (secondary N) is 2. The summed E-state index contributed by atoms with van der Waals surface area (Å²) >= 11 is 5.10. The second kappa shape index (κ2) is 12.0. The van der Waals surface area contributed by atoms with Crippen LogP contribution in [0.25, 0.3) is 10.2 Å². The molecule has 23 heavy (non-hydrogen) atoms. The van der Waals surface area contributed by atoms with Gasteiger partial charge in [0.1, 0.15) is 0 Å². The zero-order chi connectivity index (χ0) is 15.1. The van der Waals surface area contributed by atoms with Crippen molar-refractivity contribution in [3.63, 3.8) is 0 Å². The van der Waals surface area contributed by atoms with Crippen LogP contribution in [0.4, 0.5) is 0 Å². The lowest BCUT2D eigenvalue weighted by Crippen LogP contribution is -2.32. The summed E-state index contributed by atoms with van der Waals surface area (Å²) in [6, 6.07) is 6.08. The molecular weight excluding hydrogens is 421 g/mol. The van der Waals surface area contributed by atoms with Gasteiger partial charge >= 0.3 is 0 Å². The summed E-state index contributed by atoms with van der Waals surface area (Å²) in [5, 5.41) is 7.20. The Labute approximate surface area is 161 Å². The van der Waals surface area contributed by atoms with Crippen molar-refractivity contribution >= 4 is 68.2 Å². The molecule has 0 aliphatic rings. The number of amides is 1. The van der Waals surface area contributed by atoms with E-state index in [9.17, 15) is 4.79 Å². The Hall–Kier alpha value is -0.400. The monoisotopic (exact) mass is 441 g/mol. The number of hydrogen-bond acceptors (Lipinski definition) is 4. The van der Waals surface area contributed by atoms with Gasteiger partial charge in [-0.05, 0) is 31.2 Å². The number of hydrogen-bond donors (Lipinski definition) is 2. The molecule has 0 spiro atoms. The highest BCUT2D eigenvalue weighted by molar-refractivity contribution is 9.10. The third-order valence-electron chi connectivity index (χ3n) is 3.01. The van der Waals surface area contributed by atoms with Crippen LogP contribution in [0.3, 0.4) is 0 Å². The molecule has 2 aromatic rings. The minimum atomic E-state index is 0. The zero-order valence-corrected chi connectivity index (χ0v) is 17.0. The third-order valence-corrected chi connectivity index (χ3v) is 4.60. The average molecular weight is 443 g/mol. The zero-order valence-electron chi connectivity index (χ0n) is 12.9. The second-order valence-electron chi connectivity index (χ2n) is 4.82. The maximum absolute atomic E-state index is 11.7. The van der Waals surface area contributed by atoms with Crippen molar-refractivity contribution in [3.05, 3.63) is 27.7 Å². The van der Waals surface area contributed by atoms with E-state index in [1.54, 1.807) is 11.3 Å². The molecule has 0 unspecified atom stereocenters. The Kier molecular flexibility index (Phi) is 11.8. The van der Waals surface area contributed by atoms with Gasteiger partial charge in [-0.25, -0.2) is 4.98 Å². The lowest BCUT2D eigenvalue weighted by molar-refractivity contribution is -0.121. The summed E-state index contributed by atoms with van der Waals surface area (Å²) in [7, 11) is 0. The smallest absolute Gasteiger partial charge is 0.220 e. The van der Waals surface area contributed by atoms with Crippen molar-refractivity contribution in [2.45, 2.75) is 26.2 Å². The van der Waals surface area contributed by atoms with Gasteiger partial charge in [0.2, 0.25) is 5.91 Å². The van der Waals surface area contributed by atoms with Crippen molar-refractivity contribution in [2.24, 2.45) is 0 Å². The predicted octanol–water partition coefficient (Wildman–Crippen LogP) is 3.95. The highest BCUT2D eigenvalue weighted by Crippen LogP contribution is 2.25. The van der Waals surface area contributed by atoms with E-state index in [0.717, 1.165) is 39.2 Å². The van der Waals surface area contributed by atoms with E-state index >= 15 is 0 Å². The summed E-state index contributed by atoms with van der Waals surface area (Å²) < 4.78 is 2.20. The Balaban J connectivity index is 0.00000242. The molecule has 1 heterocycles. The largest absolute Gasteiger partial charge is 0.355 e. The molecule has 0 radical (unpaired) electrons. The highest BCUT2D eigenvalue weighted by Gasteiger charge is 2.07. The Morgan fingerprint density at radius 3 is 2.78 bits per heavy atom. The molecule has 8 heteroatoms.